The molecule has 0 aromatic heterocycles. The van der Waals surface area contributed by atoms with Crippen LogP contribution in [0.25, 0.3) is 0 Å². The maximum absolute atomic E-state index is 12.0. The first-order valence-electron chi connectivity index (χ1n) is 7.04. The molecular formula is C15H22N2O3. The average Bonchev–Trinajstić information content (AvgIpc) is 2.94. The smallest absolute Gasteiger partial charge is 0.242 e. The standard InChI is InChI=1S/C15H22N2O3/c1-2-15(14(16)19,11-5-7-12(18)8-6-11)17-10-13-4-3-9-20-13/h5-8,13,17-18H,2-4,9-10H2,1H3,(H2,16,19). The van der Waals surface area contributed by atoms with Crippen LogP contribution in [0.1, 0.15) is 31.7 Å². The quantitative estimate of drug-likeness (QED) is 0.731. The number of aromatic hydroxyl groups is 1. The Balaban J connectivity index is 2.19. The number of nitrogens with two attached hydrogens (primary N) is 1. The number of rotatable bonds is 6. The van der Waals surface area contributed by atoms with Gasteiger partial charge in [-0.3, -0.25) is 10.1 Å². The van der Waals surface area contributed by atoms with Gasteiger partial charge in [0.25, 0.3) is 0 Å². The molecule has 1 aliphatic rings. The summed E-state index contributed by atoms with van der Waals surface area (Å²) >= 11 is 0. The number of carbonyl (C=O) groups is 1. The van der Waals surface area contributed by atoms with Gasteiger partial charge in [0.1, 0.15) is 11.3 Å². The van der Waals surface area contributed by atoms with Gasteiger partial charge in [0.15, 0.2) is 0 Å². The number of phenols is 1. The van der Waals surface area contributed by atoms with Crippen LogP contribution in [0.4, 0.5) is 0 Å². The van der Waals surface area contributed by atoms with Crippen molar-refractivity contribution in [1.29, 1.82) is 0 Å². The van der Waals surface area contributed by atoms with E-state index in [-0.39, 0.29) is 11.9 Å². The molecule has 2 rings (SSSR count). The third-order valence-corrected chi connectivity index (χ3v) is 3.97. The summed E-state index contributed by atoms with van der Waals surface area (Å²) in [6.45, 7) is 3.29. The van der Waals surface area contributed by atoms with E-state index in [2.05, 4.69) is 5.32 Å². The van der Waals surface area contributed by atoms with Crippen molar-refractivity contribution in [2.45, 2.75) is 37.8 Å². The van der Waals surface area contributed by atoms with E-state index in [0.717, 1.165) is 25.0 Å². The van der Waals surface area contributed by atoms with Gasteiger partial charge in [-0.05, 0) is 37.0 Å². The van der Waals surface area contributed by atoms with Crippen molar-refractivity contribution in [2.75, 3.05) is 13.2 Å². The Morgan fingerprint density at radius 1 is 1.50 bits per heavy atom. The van der Waals surface area contributed by atoms with Gasteiger partial charge in [-0.2, -0.15) is 0 Å². The first-order valence-corrected chi connectivity index (χ1v) is 7.04. The minimum atomic E-state index is -0.917. The molecule has 1 heterocycles. The van der Waals surface area contributed by atoms with Crippen LogP contribution in [0.15, 0.2) is 24.3 Å². The molecule has 5 heteroatoms. The van der Waals surface area contributed by atoms with Gasteiger partial charge in [0.05, 0.1) is 6.10 Å². The molecule has 20 heavy (non-hydrogen) atoms. The number of primary amides is 1. The minimum Gasteiger partial charge on any atom is -0.508 e. The lowest BCUT2D eigenvalue weighted by Crippen LogP contribution is -2.54. The fraction of sp³-hybridized carbons (Fsp3) is 0.533. The van der Waals surface area contributed by atoms with Gasteiger partial charge in [-0.25, -0.2) is 0 Å². The largest absolute Gasteiger partial charge is 0.508 e. The Morgan fingerprint density at radius 2 is 2.20 bits per heavy atom. The summed E-state index contributed by atoms with van der Waals surface area (Å²) in [6.07, 6.45) is 2.74. The van der Waals surface area contributed by atoms with Gasteiger partial charge in [-0.15, -0.1) is 0 Å². The fourth-order valence-electron chi connectivity index (χ4n) is 2.67. The molecule has 5 nitrogen and oxygen atoms in total. The van der Waals surface area contributed by atoms with E-state index in [1.54, 1.807) is 24.3 Å². The maximum Gasteiger partial charge on any atom is 0.242 e. The van der Waals surface area contributed by atoms with Gasteiger partial charge in [0, 0.05) is 13.2 Å². The predicted octanol–water partition coefficient (Wildman–Crippen LogP) is 1.25. The van der Waals surface area contributed by atoms with Crippen molar-refractivity contribution in [3.05, 3.63) is 29.8 Å². The Bertz CT molecular complexity index is 455. The highest BCUT2D eigenvalue weighted by molar-refractivity contribution is 5.86. The molecular weight excluding hydrogens is 256 g/mol. The monoisotopic (exact) mass is 278 g/mol. The number of hydrogen-bond donors (Lipinski definition) is 3. The number of nitrogens with one attached hydrogen (secondary N) is 1. The number of phenolic OH excluding ortho intramolecular Hbond substituents is 1. The molecule has 1 aromatic rings. The lowest BCUT2D eigenvalue weighted by Gasteiger charge is -2.32. The highest BCUT2D eigenvalue weighted by Gasteiger charge is 2.37. The lowest BCUT2D eigenvalue weighted by atomic mass is 9.86. The molecule has 2 atom stereocenters. The third kappa shape index (κ3) is 2.94. The summed E-state index contributed by atoms with van der Waals surface area (Å²) in [5.74, 6) is -0.244. The summed E-state index contributed by atoms with van der Waals surface area (Å²) in [4.78, 5) is 12.0. The van der Waals surface area contributed by atoms with E-state index in [1.807, 2.05) is 6.92 Å². The summed E-state index contributed by atoms with van der Waals surface area (Å²) in [5.41, 5.74) is 5.48. The van der Waals surface area contributed by atoms with Crippen LogP contribution in [0.3, 0.4) is 0 Å². The first kappa shape index (κ1) is 14.8. The number of carbonyl (C=O) groups excluding carboxylic acids is 1. The molecule has 0 saturated carbocycles. The first-order chi connectivity index (χ1) is 9.58. The number of amides is 1. The van der Waals surface area contributed by atoms with Crippen molar-refractivity contribution in [3.8, 4) is 5.75 Å². The average molecular weight is 278 g/mol. The Morgan fingerprint density at radius 3 is 2.70 bits per heavy atom. The van der Waals surface area contributed by atoms with Gasteiger partial charge >= 0.3 is 0 Å². The van der Waals surface area contributed by atoms with Crippen LogP contribution in [0.5, 0.6) is 5.75 Å². The van der Waals surface area contributed by atoms with Crippen molar-refractivity contribution in [2.24, 2.45) is 5.73 Å². The molecule has 0 bridgehead atoms. The van der Waals surface area contributed by atoms with Crippen molar-refractivity contribution < 1.29 is 14.6 Å². The van der Waals surface area contributed by atoms with Crippen LogP contribution in [-0.2, 0) is 15.1 Å². The molecule has 4 N–H and O–H groups in total. The van der Waals surface area contributed by atoms with Crippen molar-refractivity contribution in [1.82, 2.24) is 5.32 Å². The second kappa shape index (κ2) is 6.24. The summed E-state index contributed by atoms with van der Waals surface area (Å²) in [5, 5.41) is 12.7. The third-order valence-electron chi connectivity index (χ3n) is 3.97. The zero-order valence-electron chi connectivity index (χ0n) is 11.8. The SMILES string of the molecule is CCC(NCC1CCCO1)(C(N)=O)c1ccc(O)cc1. The molecule has 2 unspecified atom stereocenters. The number of ether oxygens (including phenoxy) is 1. The van der Waals surface area contributed by atoms with Crippen molar-refractivity contribution >= 4 is 5.91 Å². The zero-order chi connectivity index (χ0) is 14.6. The summed E-state index contributed by atoms with van der Waals surface area (Å²) < 4.78 is 5.57. The second-order valence-corrected chi connectivity index (χ2v) is 5.19. The molecule has 0 radical (unpaired) electrons. The van der Waals surface area contributed by atoms with Crippen LogP contribution < -0.4 is 11.1 Å². The van der Waals surface area contributed by atoms with E-state index in [4.69, 9.17) is 10.5 Å². The van der Waals surface area contributed by atoms with E-state index in [9.17, 15) is 9.90 Å². The normalized spacial score (nSPS) is 21.6. The Labute approximate surface area is 119 Å². The van der Waals surface area contributed by atoms with Gasteiger partial charge < -0.3 is 15.6 Å². The molecule has 1 aromatic carbocycles. The van der Waals surface area contributed by atoms with E-state index in [0.29, 0.717) is 13.0 Å². The summed E-state index contributed by atoms with van der Waals surface area (Å²) in [7, 11) is 0. The predicted molar refractivity (Wildman–Crippen MR) is 76.2 cm³/mol. The Kier molecular flexibility index (Phi) is 4.62. The molecule has 1 aliphatic heterocycles. The van der Waals surface area contributed by atoms with Crippen LogP contribution >= 0.6 is 0 Å². The minimum absolute atomic E-state index is 0.136. The topological polar surface area (TPSA) is 84.6 Å². The maximum atomic E-state index is 12.0. The van der Waals surface area contributed by atoms with Gasteiger partial charge in [-0.1, -0.05) is 19.1 Å². The number of benzene rings is 1. The van der Waals surface area contributed by atoms with Gasteiger partial charge in [0.2, 0.25) is 5.91 Å². The van der Waals surface area contributed by atoms with Crippen molar-refractivity contribution in [3.63, 3.8) is 0 Å². The lowest BCUT2D eigenvalue weighted by molar-refractivity contribution is -0.125. The molecule has 1 fully saturated rings. The highest BCUT2D eigenvalue weighted by Crippen LogP contribution is 2.27. The molecule has 1 saturated heterocycles. The van der Waals surface area contributed by atoms with Crippen LogP contribution in [0.2, 0.25) is 0 Å². The fourth-order valence-corrected chi connectivity index (χ4v) is 2.67. The molecule has 0 spiro atoms. The second-order valence-electron chi connectivity index (χ2n) is 5.19. The van der Waals surface area contributed by atoms with Crippen LogP contribution in [-0.4, -0.2) is 30.3 Å². The van der Waals surface area contributed by atoms with E-state index in [1.165, 1.54) is 0 Å². The van der Waals surface area contributed by atoms with E-state index >= 15 is 0 Å². The van der Waals surface area contributed by atoms with Crippen LogP contribution in [0, 0.1) is 0 Å². The molecule has 110 valence electrons. The molecule has 0 aliphatic carbocycles. The van der Waals surface area contributed by atoms with E-state index < -0.39 is 11.4 Å². The zero-order valence-corrected chi connectivity index (χ0v) is 11.8. The Hall–Kier alpha value is -1.59. The molecule has 1 amide bonds. The summed E-state index contributed by atoms with van der Waals surface area (Å²) in [6, 6.07) is 6.59. The number of hydrogen-bond acceptors (Lipinski definition) is 4. The highest BCUT2D eigenvalue weighted by atomic mass is 16.5.